The lowest BCUT2D eigenvalue weighted by molar-refractivity contribution is 0.0886. The number of furan rings is 1. The number of hydrogen-bond acceptors (Lipinski definition) is 3. The lowest BCUT2D eigenvalue weighted by Crippen LogP contribution is -2.30. The summed E-state index contributed by atoms with van der Waals surface area (Å²) in [5.74, 6) is -4.29. The second-order valence-corrected chi connectivity index (χ2v) is 5.27. The van der Waals surface area contributed by atoms with Crippen LogP contribution in [0.15, 0.2) is 22.6 Å². The molecule has 0 aliphatic carbocycles. The minimum absolute atomic E-state index is 0.0465. The van der Waals surface area contributed by atoms with E-state index in [2.05, 4.69) is 5.32 Å². The molecule has 1 aromatic carbocycles. The van der Waals surface area contributed by atoms with Gasteiger partial charge in [-0.05, 0) is 35.7 Å². The van der Waals surface area contributed by atoms with Crippen LogP contribution in [0.5, 0.6) is 0 Å². The lowest BCUT2D eigenvalue weighted by atomic mass is 10.1. The standard InChI is InChI=1S/C17H18F3NO3/c1-3-9-7-15(24-14(9)4-2)17(23)21-13(8-22)10-5-11(18)16(20)12(19)6-10/h5-7,13,22H,3-4,8H2,1-2H3,(H,21,23). The molecule has 7 heteroatoms. The summed E-state index contributed by atoms with van der Waals surface area (Å²) in [5.41, 5.74) is 0.808. The third-order valence-corrected chi connectivity index (χ3v) is 3.72. The highest BCUT2D eigenvalue weighted by atomic mass is 19.2. The number of halogens is 3. The van der Waals surface area contributed by atoms with E-state index in [0.717, 1.165) is 17.7 Å². The Hall–Kier alpha value is -2.28. The van der Waals surface area contributed by atoms with E-state index in [9.17, 15) is 23.1 Å². The number of rotatable bonds is 6. The zero-order chi connectivity index (χ0) is 17.9. The zero-order valence-electron chi connectivity index (χ0n) is 13.3. The molecule has 0 fully saturated rings. The van der Waals surface area contributed by atoms with Gasteiger partial charge in [0.1, 0.15) is 5.76 Å². The molecule has 1 aromatic heterocycles. The number of aliphatic hydroxyl groups excluding tert-OH is 1. The second kappa shape index (κ2) is 7.53. The van der Waals surface area contributed by atoms with Crippen molar-refractivity contribution in [2.75, 3.05) is 6.61 Å². The molecule has 2 rings (SSSR count). The second-order valence-electron chi connectivity index (χ2n) is 5.27. The molecule has 1 unspecified atom stereocenters. The molecule has 2 aromatic rings. The number of carbonyl (C=O) groups is 1. The van der Waals surface area contributed by atoms with Gasteiger partial charge in [0.15, 0.2) is 23.2 Å². The van der Waals surface area contributed by atoms with Crippen molar-refractivity contribution in [3.8, 4) is 0 Å². The fourth-order valence-corrected chi connectivity index (χ4v) is 2.42. The van der Waals surface area contributed by atoms with Crippen molar-refractivity contribution in [2.45, 2.75) is 32.7 Å². The molecule has 0 saturated carbocycles. The summed E-state index contributed by atoms with van der Waals surface area (Å²) in [6.07, 6.45) is 1.31. The Morgan fingerprint density at radius 2 is 1.79 bits per heavy atom. The molecule has 1 heterocycles. The van der Waals surface area contributed by atoms with Gasteiger partial charge >= 0.3 is 0 Å². The molecule has 24 heavy (non-hydrogen) atoms. The Morgan fingerprint density at radius 1 is 1.17 bits per heavy atom. The van der Waals surface area contributed by atoms with E-state index in [1.54, 1.807) is 6.07 Å². The lowest BCUT2D eigenvalue weighted by Gasteiger charge is -2.16. The van der Waals surface area contributed by atoms with Gasteiger partial charge in [-0.1, -0.05) is 13.8 Å². The van der Waals surface area contributed by atoms with Crippen molar-refractivity contribution in [1.29, 1.82) is 0 Å². The maximum Gasteiger partial charge on any atom is 0.287 e. The first-order chi connectivity index (χ1) is 11.4. The van der Waals surface area contributed by atoms with E-state index in [1.807, 2.05) is 13.8 Å². The number of carbonyl (C=O) groups excluding carboxylic acids is 1. The number of hydrogen-bond donors (Lipinski definition) is 2. The van der Waals surface area contributed by atoms with Gasteiger partial charge in [-0.25, -0.2) is 13.2 Å². The van der Waals surface area contributed by atoms with Crippen LogP contribution in [-0.4, -0.2) is 17.6 Å². The fourth-order valence-electron chi connectivity index (χ4n) is 2.42. The summed E-state index contributed by atoms with van der Waals surface area (Å²) in [6, 6.07) is 1.96. The summed E-state index contributed by atoms with van der Waals surface area (Å²) >= 11 is 0. The molecular weight excluding hydrogens is 323 g/mol. The average Bonchev–Trinajstić information content (AvgIpc) is 3.00. The highest BCUT2D eigenvalue weighted by molar-refractivity contribution is 5.92. The first-order valence-electron chi connectivity index (χ1n) is 7.58. The maximum absolute atomic E-state index is 13.3. The van der Waals surface area contributed by atoms with Crippen LogP contribution in [0, 0.1) is 17.5 Å². The smallest absolute Gasteiger partial charge is 0.287 e. The molecule has 0 aliphatic rings. The van der Waals surface area contributed by atoms with Gasteiger partial charge in [0.2, 0.25) is 0 Å². The number of amides is 1. The molecule has 0 saturated heterocycles. The Kier molecular flexibility index (Phi) is 5.66. The number of nitrogens with one attached hydrogen (secondary N) is 1. The Labute approximate surface area is 137 Å². The van der Waals surface area contributed by atoms with Crippen molar-refractivity contribution in [1.82, 2.24) is 5.32 Å². The summed E-state index contributed by atoms with van der Waals surface area (Å²) in [7, 11) is 0. The highest BCUT2D eigenvalue weighted by Gasteiger charge is 2.22. The molecule has 0 bridgehead atoms. The molecule has 4 nitrogen and oxygen atoms in total. The van der Waals surface area contributed by atoms with Gasteiger partial charge in [-0.2, -0.15) is 0 Å². The zero-order valence-corrected chi connectivity index (χ0v) is 13.3. The van der Waals surface area contributed by atoms with E-state index < -0.39 is 36.0 Å². The van der Waals surface area contributed by atoms with Crippen LogP contribution in [0.25, 0.3) is 0 Å². The van der Waals surface area contributed by atoms with Crippen LogP contribution in [0.4, 0.5) is 13.2 Å². The van der Waals surface area contributed by atoms with Gasteiger partial charge in [0.25, 0.3) is 5.91 Å². The van der Waals surface area contributed by atoms with Crippen molar-refractivity contribution >= 4 is 5.91 Å². The van der Waals surface area contributed by atoms with Gasteiger partial charge in [0.05, 0.1) is 12.6 Å². The van der Waals surface area contributed by atoms with Crippen LogP contribution in [-0.2, 0) is 12.8 Å². The summed E-state index contributed by atoms with van der Waals surface area (Å²) in [6.45, 7) is 3.20. The van der Waals surface area contributed by atoms with E-state index >= 15 is 0 Å². The van der Waals surface area contributed by atoms with Crippen molar-refractivity contribution in [3.05, 3.63) is 58.3 Å². The van der Waals surface area contributed by atoms with Crippen LogP contribution < -0.4 is 5.32 Å². The van der Waals surface area contributed by atoms with Gasteiger partial charge in [-0.15, -0.1) is 0 Å². The topological polar surface area (TPSA) is 62.5 Å². The van der Waals surface area contributed by atoms with E-state index in [0.29, 0.717) is 18.6 Å². The molecule has 0 spiro atoms. The Morgan fingerprint density at radius 3 is 2.25 bits per heavy atom. The molecule has 1 atom stereocenters. The third kappa shape index (κ3) is 3.62. The number of aliphatic hydroxyl groups is 1. The number of benzene rings is 1. The van der Waals surface area contributed by atoms with E-state index in [4.69, 9.17) is 4.42 Å². The number of aryl methyl sites for hydroxylation is 2. The van der Waals surface area contributed by atoms with Crippen molar-refractivity contribution in [3.63, 3.8) is 0 Å². The van der Waals surface area contributed by atoms with Crippen LogP contribution in [0.1, 0.15) is 47.3 Å². The van der Waals surface area contributed by atoms with Crippen LogP contribution in [0.2, 0.25) is 0 Å². The first-order valence-corrected chi connectivity index (χ1v) is 7.58. The Balaban J connectivity index is 2.24. The van der Waals surface area contributed by atoms with Gasteiger partial charge in [0, 0.05) is 6.42 Å². The average molecular weight is 341 g/mol. The maximum atomic E-state index is 13.3. The molecule has 0 radical (unpaired) electrons. The largest absolute Gasteiger partial charge is 0.456 e. The van der Waals surface area contributed by atoms with Crippen molar-refractivity contribution < 1.29 is 27.5 Å². The summed E-state index contributed by atoms with van der Waals surface area (Å²) in [4.78, 5) is 12.2. The van der Waals surface area contributed by atoms with Crippen molar-refractivity contribution in [2.24, 2.45) is 0 Å². The minimum atomic E-state index is -1.60. The molecule has 2 N–H and O–H groups in total. The molecular formula is C17H18F3NO3. The SMILES string of the molecule is CCc1cc(C(=O)NC(CO)c2cc(F)c(F)c(F)c2)oc1CC. The first kappa shape index (κ1) is 18.1. The van der Waals surface area contributed by atoms with E-state index in [1.165, 1.54) is 0 Å². The third-order valence-electron chi connectivity index (χ3n) is 3.72. The monoisotopic (exact) mass is 341 g/mol. The van der Waals surface area contributed by atoms with Gasteiger partial charge < -0.3 is 14.8 Å². The molecule has 0 aliphatic heterocycles. The normalized spacial score (nSPS) is 12.2. The predicted octanol–water partition coefficient (Wildman–Crippen LogP) is 3.29. The van der Waals surface area contributed by atoms with Gasteiger partial charge in [-0.3, -0.25) is 4.79 Å². The summed E-state index contributed by atoms with van der Waals surface area (Å²) < 4.78 is 45.1. The van der Waals surface area contributed by atoms with Crippen LogP contribution in [0.3, 0.4) is 0 Å². The van der Waals surface area contributed by atoms with E-state index in [-0.39, 0.29) is 11.3 Å². The van der Waals surface area contributed by atoms with Crippen LogP contribution >= 0.6 is 0 Å². The highest BCUT2D eigenvalue weighted by Crippen LogP contribution is 2.21. The molecule has 1 amide bonds. The predicted molar refractivity (Wildman–Crippen MR) is 81.1 cm³/mol. The quantitative estimate of drug-likeness (QED) is 0.793. The Bertz CT molecular complexity index is 698. The molecule has 130 valence electrons. The fraction of sp³-hybridized carbons (Fsp3) is 0.353. The summed E-state index contributed by atoms with van der Waals surface area (Å²) in [5, 5.41) is 11.8. The minimum Gasteiger partial charge on any atom is -0.456 e.